The third-order valence-electron chi connectivity index (χ3n) is 3.30. The summed E-state index contributed by atoms with van der Waals surface area (Å²) in [6.45, 7) is 4.48. The molecule has 94 valence electrons. The fourth-order valence-electron chi connectivity index (χ4n) is 2.30. The lowest BCUT2D eigenvalue weighted by Gasteiger charge is -2.19. The van der Waals surface area contributed by atoms with Gasteiger partial charge >= 0.3 is 0 Å². The highest BCUT2D eigenvalue weighted by Gasteiger charge is 2.12. The molecule has 3 nitrogen and oxygen atoms in total. The summed E-state index contributed by atoms with van der Waals surface area (Å²) in [5.41, 5.74) is 2.98. The molecule has 0 aliphatic carbocycles. The van der Waals surface area contributed by atoms with E-state index in [1.807, 2.05) is 0 Å². The zero-order valence-electron chi connectivity index (χ0n) is 10.3. The molecule has 3 heteroatoms. The molecule has 1 heterocycles. The maximum atomic E-state index is 8.63. The maximum absolute atomic E-state index is 8.63. The van der Waals surface area contributed by atoms with Gasteiger partial charge in [-0.05, 0) is 24.0 Å². The second-order valence-corrected chi connectivity index (χ2v) is 4.45. The average molecular weight is 235 g/mol. The third-order valence-corrected chi connectivity index (χ3v) is 3.30. The fraction of sp³-hybridized carbons (Fsp3) is 0.571. The van der Waals surface area contributed by atoms with Crippen LogP contribution in [0.25, 0.3) is 0 Å². The number of aliphatic hydroxyl groups is 1. The Morgan fingerprint density at radius 3 is 2.29 bits per heavy atom. The van der Waals surface area contributed by atoms with Crippen molar-refractivity contribution in [3.63, 3.8) is 0 Å². The summed E-state index contributed by atoms with van der Waals surface area (Å²) in [4.78, 5) is 2.44. The fourth-order valence-corrected chi connectivity index (χ4v) is 2.30. The highest BCUT2D eigenvalue weighted by atomic mass is 16.5. The maximum Gasteiger partial charge on any atom is 0.0698 e. The van der Waals surface area contributed by atoms with Gasteiger partial charge in [0.1, 0.15) is 0 Å². The zero-order valence-corrected chi connectivity index (χ0v) is 10.3. The predicted molar refractivity (Wildman–Crippen MR) is 68.2 cm³/mol. The second kappa shape index (κ2) is 6.74. The summed E-state index contributed by atoms with van der Waals surface area (Å²) in [5, 5.41) is 8.63. The molecule has 0 unspecified atom stereocenters. The van der Waals surface area contributed by atoms with Crippen molar-refractivity contribution in [2.75, 3.05) is 39.5 Å². The molecule has 0 saturated carbocycles. The molecule has 17 heavy (non-hydrogen) atoms. The van der Waals surface area contributed by atoms with Gasteiger partial charge in [0.15, 0.2) is 0 Å². The van der Waals surface area contributed by atoms with Crippen LogP contribution >= 0.6 is 0 Å². The largest absolute Gasteiger partial charge is 0.394 e. The van der Waals surface area contributed by atoms with E-state index in [0.29, 0.717) is 6.61 Å². The van der Waals surface area contributed by atoms with E-state index in [2.05, 4.69) is 29.2 Å². The number of benzene rings is 1. The van der Waals surface area contributed by atoms with Gasteiger partial charge in [-0.25, -0.2) is 0 Å². The lowest BCUT2D eigenvalue weighted by atomic mass is 10.0. The Morgan fingerprint density at radius 2 is 1.71 bits per heavy atom. The average Bonchev–Trinajstić information content (AvgIpc) is 2.58. The van der Waals surface area contributed by atoms with E-state index in [1.165, 1.54) is 11.1 Å². The number of nitrogens with zero attached hydrogens (tertiary/aromatic N) is 1. The van der Waals surface area contributed by atoms with E-state index < -0.39 is 0 Å². The molecule has 1 N–H and O–H groups in total. The van der Waals surface area contributed by atoms with Crippen LogP contribution in [0.3, 0.4) is 0 Å². The van der Waals surface area contributed by atoms with Crippen molar-refractivity contribution in [3.05, 3.63) is 35.4 Å². The Kier molecular flexibility index (Phi) is 4.98. The molecule has 0 aromatic heterocycles. The molecule has 0 saturated heterocycles. The van der Waals surface area contributed by atoms with Crippen LogP contribution in [0.1, 0.15) is 11.1 Å². The summed E-state index contributed by atoms with van der Waals surface area (Å²) >= 11 is 0. The van der Waals surface area contributed by atoms with E-state index in [-0.39, 0.29) is 6.61 Å². The molecule has 2 rings (SSSR count). The lowest BCUT2D eigenvalue weighted by Crippen LogP contribution is -2.30. The summed E-state index contributed by atoms with van der Waals surface area (Å²) < 4.78 is 5.31. The second-order valence-electron chi connectivity index (χ2n) is 4.45. The molecule has 0 bridgehead atoms. The minimum Gasteiger partial charge on any atom is -0.394 e. The van der Waals surface area contributed by atoms with Gasteiger partial charge in [0, 0.05) is 19.6 Å². The summed E-state index contributed by atoms with van der Waals surface area (Å²) in [5.74, 6) is 0. The standard InChI is InChI=1S/C14H21NO2/c16-10-12-17-11-9-15-7-5-13-3-1-2-4-14(13)6-8-15/h1-4,16H,5-12H2. The molecule has 0 fully saturated rings. The first-order valence-electron chi connectivity index (χ1n) is 6.38. The van der Waals surface area contributed by atoms with Crippen LogP contribution in [-0.4, -0.2) is 49.5 Å². The molecular weight excluding hydrogens is 214 g/mol. The van der Waals surface area contributed by atoms with E-state index >= 15 is 0 Å². The van der Waals surface area contributed by atoms with Gasteiger partial charge in [-0.2, -0.15) is 0 Å². The predicted octanol–water partition coefficient (Wildman–Crippen LogP) is 1.10. The SMILES string of the molecule is OCCOCCN1CCc2ccccc2CC1. The Labute approximate surface area is 103 Å². The smallest absolute Gasteiger partial charge is 0.0698 e. The van der Waals surface area contributed by atoms with Gasteiger partial charge in [0.2, 0.25) is 0 Å². The van der Waals surface area contributed by atoms with Crippen LogP contribution in [0.15, 0.2) is 24.3 Å². The number of rotatable bonds is 5. The van der Waals surface area contributed by atoms with E-state index in [0.717, 1.165) is 39.1 Å². The van der Waals surface area contributed by atoms with E-state index in [9.17, 15) is 0 Å². The van der Waals surface area contributed by atoms with Gasteiger partial charge in [-0.3, -0.25) is 0 Å². The summed E-state index contributed by atoms with van der Waals surface area (Å²) in [6, 6.07) is 8.72. The molecule has 0 radical (unpaired) electrons. The molecule has 1 aromatic carbocycles. The number of aliphatic hydroxyl groups excluding tert-OH is 1. The van der Waals surface area contributed by atoms with Crippen LogP contribution in [0, 0.1) is 0 Å². The van der Waals surface area contributed by atoms with Crippen molar-refractivity contribution in [1.29, 1.82) is 0 Å². The van der Waals surface area contributed by atoms with Crippen LogP contribution < -0.4 is 0 Å². The first kappa shape index (κ1) is 12.6. The molecule has 1 aliphatic heterocycles. The van der Waals surface area contributed by atoms with Crippen molar-refractivity contribution in [2.24, 2.45) is 0 Å². The van der Waals surface area contributed by atoms with Crippen molar-refractivity contribution >= 4 is 0 Å². The molecule has 1 aliphatic rings. The Balaban J connectivity index is 1.78. The normalized spacial score (nSPS) is 16.5. The number of hydrogen-bond donors (Lipinski definition) is 1. The first-order chi connectivity index (χ1) is 8.40. The van der Waals surface area contributed by atoms with Gasteiger partial charge in [0.25, 0.3) is 0 Å². The third kappa shape index (κ3) is 3.80. The van der Waals surface area contributed by atoms with Gasteiger partial charge in [-0.1, -0.05) is 24.3 Å². The monoisotopic (exact) mass is 235 g/mol. The quantitative estimate of drug-likeness (QED) is 0.776. The van der Waals surface area contributed by atoms with Gasteiger partial charge in [-0.15, -0.1) is 0 Å². The molecule has 0 atom stereocenters. The topological polar surface area (TPSA) is 32.7 Å². The minimum absolute atomic E-state index is 0.117. The first-order valence-corrected chi connectivity index (χ1v) is 6.38. The van der Waals surface area contributed by atoms with Crippen LogP contribution in [-0.2, 0) is 17.6 Å². The van der Waals surface area contributed by atoms with Crippen molar-refractivity contribution in [2.45, 2.75) is 12.8 Å². The van der Waals surface area contributed by atoms with Crippen molar-refractivity contribution in [3.8, 4) is 0 Å². The molecular formula is C14H21NO2. The summed E-state index contributed by atoms with van der Waals surface area (Å²) in [7, 11) is 0. The van der Waals surface area contributed by atoms with Crippen LogP contribution in [0.4, 0.5) is 0 Å². The molecule has 0 amide bonds. The Bertz CT molecular complexity index is 314. The number of ether oxygens (including phenoxy) is 1. The van der Waals surface area contributed by atoms with Crippen LogP contribution in [0.2, 0.25) is 0 Å². The highest BCUT2D eigenvalue weighted by molar-refractivity contribution is 5.28. The zero-order chi connectivity index (χ0) is 11.9. The highest BCUT2D eigenvalue weighted by Crippen LogP contribution is 2.15. The molecule has 0 spiro atoms. The van der Waals surface area contributed by atoms with E-state index in [1.54, 1.807) is 0 Å². The van der Waals surface area contributed by atoms with Crippen molar-refractivity contribution < 1.29 is 9.84 Å². The number of hydrogen-bond acceptors (Lipinski definition) is 3. The van der Waals surface area contributed by atoms with Gasteiger partial charge < -0.3 is 14.7 Å². The van der Waals surface area contributed by atoms with Crippen LogP contribution in [0.5, 0.6) is 0 Å². The van der Waals surface area contributed by atoms with Gasteiger partial charge in [0.05, 0.1) is 19.8 Å². The molecule has 1 aromatic rings. The lowest BCUT2D eigenvalue weighted by molar-refractivity contribution is 0.0745. The number of fused-ring (bicyclic) bond motifs is 1. The summed E-state index contributed by atoms with van der Waals surface area (Å²) in [6.07, 6.45) is 2.27. The Hall–Kier alpha value is -0.900. The Morgan fingerprint density at radius 1 is 1.06 bits per heavy atom. The minimum atomic E-state index is 0.117. The van der Waals surface area contributed by atoms with Crippen molar-refractivity contribution in [1.82, 2.24) is 4.90 Å². The van der Waals surface area contributed by atoms with E-state index in [4.69, 9.17) is 9.84 Å².